The maximum atomic E-state index is 11.8. The van der Waals surface area contributed by atoms with E-state index in [0.29, 0.717) is 25.5 Å². The fourth-order valence-corrected chi connectivity index (χ4v) is 2.67. The van der Waals surface area contributed by atoms with Crippen molar-refractivity contribution in [3.8, 4) is 0 Å². The molecule has 0 atom stereocenters. The Bertz CT molecular complexity index is 607. The minimum absolute atomic E-state index is 0.280. The first-order chi connectivity index (χ1) is 10.1. The number of aryl methyl sites for hydroxylation is 2. The van der Waals surface area contributed by atoms with Gasteiger partial charge in [-0.25, -0.2) is 9.78 Å². The molecule has 7 nitrogen and oxygen atoms in total. The van der Waals surface area contributed by atoms with Gasteiger partial charge in [-0.2, -0.15) is 5.10 Å². The second kappa shape index (κ2) is 7.19. The number of nitrogens with zero attached hydrogens (tertiary/aromatic N) is 3. The summed E-state index contributed by atoms with van der Waals surface area (Å²) in [4.78, 5) is 17.2. The Labute approximate surface area is 127 Å². The van der Waals surface area contributed by atoms with E-state index in [4.69, 9.17) is 4.74 Å². The molecule has 114 valence electrons. The number of urea groups is 1. The summed E-state index contributed by atoms with van der Waals surface area (Å²) < 4.78 is 6.69. The van der Waals surface area contributed by atoms with Gasteiger partial charge in [0.05, 0.1) is 30.4 Å². The summed E-state index contributed by atoms with van der Waals surface area (Å²) in [5, 5.41) is 10.7. The Morgan fingerprint density at radius 2 is 2.29 bits per heavy atom. The smallest absolute Gasteiger partial charge is 0.320 e. The van der Waals surface area contributed by atoms with Gasteiger partial charge in [0.1, 0.15) is 0 Å². The lowest BCUT2D eigenvalue weighted by atomic mass is 10.4. The maximum Gasteiger partial charge on any atom is 0.320 e. The molecule has 0 aliphatic heterocycles. The van der Waals surface area contributed by atoms with E-state index < -0.39 is 0 Å². The number of nitrogens with one attached hydrogen (secondary N) is 2. The molecule has 2 N–H and O–H groups in total. The Morgan fingerprint density at radius 1 is 1.48 bits per heavy atom. The van der Waals surface area contributed by atoms with Crippen LogP contribution in [0.1, 0.15) is 15.6 Å². The van der Waals surface area contributed by atoms with E-state index in [2.05, 4.69) is 20.7 Å². The van der Waals surface area contributed by atoms with Crippen LogP contribution in [0.4, 0.5) is 10.6 Å². The summed E-state index contributed by atoms with van der Waals surface area (Å²) in [5.74, 6) is 0.515. The molecule has 0 radical (unpaired) electrons. The predicted molar refractivity (Wildman–Crippen MR) is 81.5 cm³/mol. The van der Waals surface area contributed by atoms with Gasteiger partial charge in [-0.05, 0) is 13.8 Å². The molecule has 0 bridgehead atoms. The fourth-order valence-electron chi connectivity index (χ4n) is 1.80. The second-order valence-corrected chi connectivity index (χ2v) is 5.79. The van der Waals surface area contributed by atoms with E-state index in [1.165, 1.54) is 0 Å². The molecule has 0 spiro atoms. The quantitative estimate of drug-likeness (QED) is 0.854. The minimum atomic E-state index is -0.280. The van der Waals surface area contributed by atoms with Gasteiger partial charge in [0, 0.05) is 24.3 Å². The number of carbonyl (C=O) groups excluding carboxylic acids is 1. The molecule has 2 amide bonds. The first kappa shape index (κ1) is 15.5. The van der Waals surface area contributed by atoms with Crippen molar-refractivity contribution in [3.63, 3.8) is 0 Å². The van der Waals surface area contributed by atoms with E-state index in [9.17, 15) is 4.79 Å². The summed E-state index contributed by atoms with van der Waals surface area (Å²) in [5.41, 5.74) is 0.960. The summed E-state index contributed by atoms with van der Waals surface area (Å²) >= 11 is 1.59. The van der Waals surface area contributed by atoms with Crippen molar-refractivity contribution in [1.29, 1.82) is 0 Å². The normalized spacial score (nSPS) is 10.6. The van der Waals surface area contributed by atoms with Gasteiger partial charge in [0.15, 0.2) is 5.82 Å². The van der Waals surface area contributed by atoms with E-state index >= 15 is 0 Å². The SMILES string of the molecule is COCCn1ccc(NC(=O)NCc2sc(C)nc2C)n1. The molecular formula is C13H19N5O2S. The van der Waals surface area contributed by atoms with Gasteiger partial charge in [0.2, 0.25) is 0 Å². The van der Waals surface area contributed by atoms with Crippen molar-refractivity contribution in [3.05, 3.63) is 27.8 Å². The van der Waals surface area contributed by atoms with Crippen LogP contribution in [0.15, 0.2) is 12.3 Å². The summed E-state index contributed by atoms with van der Waals surface area (Å²) in [6.45, 7) is 5.59. The number of amides is 2. The second-order valence-electron chi connectivity index (χ2n) is 4.51. The van der Waals surface area contributed by atoms with Crippen molar-refractivity contribution in [2.45, 2.75) is 26.9 Å². The number of aromatic nitrogens is 3. The molecule has 21 heavy (non-hydrogen) atoms. The third-order valence-corrected chi connectivity index (χ3v) is 3.89. The van der Waals surface area contributed by atoms with Crippen LogP contribution in [0, 0.1) is 13.8 Å². The zero-order valence-electron chi connectivity index (χ0n) is 12.3. The van der Waals surface area contributed by atoms with Crippen molar-refractivity contribution in [1.82, 2.24) is 20.1 Å². The van der Waals surface area contributed by atoms with Crippen LogP contribution >= 0.6 is 11.3 Å². The number of methoxy groups -OCH3 is 1. The summed E-state index contributed by atoms with van der Waals surface area (Å²) in [6.07, 6.45) is 1.80. The van der Waals surface area contributed by atoms with E-state index in [0.717, 1.165) is 15.6 Å². The number of ether oxygens (including phenoxy) is 1. The molecule has 8 heteroatoms. The van der Waals surface area contributed by atoms with Crippen molar-refractivity contribution >= 4 is 23.2 Å². The molecule has 0 aromatic carbocycles. The highest BCUT2D eigenvalue weighted by Crippen LogP contribution is 2.16. The predicted octanol–water partition coefficient (Wildman–Crippen LogP) is 1.92. The molecule has 0 aliphatic rings. The van der Waals surface area contributed by atoms with Crippen LogP contribution in [0.5, 0.6) is 0 Å². The highest BCUT2D eigenvalue weighted by molar-refractivity contribution is 7.11. The first-order valence-electron chi connectivity index (χ1n) is 6.58. The summed E-state index contributed by atoms with van der Waals surface area (Å²) in [6, 6.07) is 1.47. The molecule has 2 aromatic heterocycles. The van der Waals surface area contributed by atoms with Gasteiger partial charge < -0.3 is 10.1 Å². The van der Waals surface area contributed by atoms with Gasteiger partial charge in [-0.15, -0.1) is 11.3 Å². The van der Waals surface area contributed by atoms with E-state index in [-0.39, 0.29) is 6.03 Å². The number of hydrogen-bond acceptors (Lipinski definition) is 5. The van der Waals surface area contributed by atoms with Crippen LogP contribution in [0.25, 0.3) is 0 Å². The number of rotatable bonds is 6. The van der Waals surface area contributed by atoms with Crippen LogP contribution in [-0.4, -0.2) is 34.5 Å². The highest BCUT2D eigenvalue weighted by Gasteiger charge is 2.08. The molecule has 0 aliphatic carbocycles. The summed E-state index contributed by atoms with van der Waals surface area (Å²) in [7, 11) is 1.64. The topological polar surface area (TPSA) is 81.1 Å². The minimum Gasteiger partial charge on any atom is -0.383 e. The Balaban J connectivity index is 1.81. The standard InChI is InChI=1S/C13H19N5O2S/c1-9-11(21-10(2)15-9)8-14-13(19)16-12-4-5-18(17-12)6-7-20-3/h4-5H,6-8H2,1-3H3,(H2,14,16,17,19). The van der Waals surface area contributed by atoms with Crippen LogP contribution < -0.4 is 10.6 Å². The number of carbonyl (C=O) groups is 1. The lowest BCUT2D eigenvalue weighted by Gasteiger charge is -2.04. The average Bonchev–Trinajstić information content (AvgIpc) is 3.00. The van der Waals surface area contributed by atoms with Gasteiger partial charge in [-0.3, -0.25) is 10.00 Å². The van der Waals surface area contributed by atoms with E-state index in [1.807, 2.05) is 13.8 Å². The van der Waals surface area contributed by atoms with E-state index in [1.54, 1.807) is 35.4 Å². The van der Waals surface area contributed by atoms with Crippen molar-refractivity contribution in [2.24, 2.45) is 0 Å². The largest absolute Gasteiger partial charge is 0.383 e. The lowest BCUT2D eigenvalue weighted by Crippen LogP contribution is -2.28. The van der Waals surface area contributed by atoms with Gasteiger partial charge >= 0.3 is 6.03 Å². The lowest BCUT2D eigenvalue weighted by molar-refractivity contribution is 0.183. The van der Waals surface area contributed by atoms with Gasteiger partial charge in [-0.1, -0.05) is 0 Å². The molecule has 2 heterocycles. The van der Waals surface area contributed by atoms with Crippen molar-refractivity contribution in [2.75, 3.05) is 19.0 Å². The number of thiazole rings is 1. The number of hydrogen-bond donors (Lipinski definition) is 2. The molecular weight excluding hydrogens is 290 g/mol. The highest BCUT2D eigenvalue weighted by atomic mass is 32.1. The van der Waals surface area contributed by atoms with Crippen LogP contribution in [0.3, 0.4) is 0 Å². The molecule has 0 fully saturated rings. The molecule has 0 saturated heterocycles. The molecule has 2 aromatic rings. The Kier molecular flexibility index (Phi) is 5.29. The molecule has 0 unspecified atom stereocenters. The first-order valence-corrected chi connectivity index (χ1v) is 7.40. The monoisotopic (exact) mass is 309 g/mol. The average molecular weight is 309 g/mol. The third-order valence-electron chi connectivity index (χ3n) is 2.82. The zero-order valence-corrected chi connectivity index (χ0v) is 13.2. The molecule has 0 saturated carbocycles. The Morgan fingerprint density at radius 3 is 2.95 bits per heavy atom. The zero-order chi connectivity index (χ0) is 15.2. The Hall–Kier alpha value is -1.93. The maximum absolute atomic E-state index is 11.8. The third kappa shape index (κ3) is 4.54. The molecule has 2 rings (SSSR count). The van der Waals surface area contributed by atoms with Gasteiger partial charge in [0.25, 0.3) is 0 Å². The number of anilines is 1. The van der Waals surface area contributed by atoms with Crippen molar-refractivity contribution < 1.29 is 9.53 Å². The fraction of sp³-hybridized carbons (Fsp3) is 0.462. The van der Waals surface area contributed by atoms with Crippen LogP contribution in [-0.2, 0) is 17.8 Å². The van der Waals surface area contributed by atoms with Crippen LogP contribution in [0.2, 0.25) is 0 Å².